The van der Waals surface area contributed by atoms with E-state index in [0.29, 0.717) is 25.3 Å². The fraction of sp³-hybridized carbons (Fsp3) is 0.294. The van der Waals surface area contributed by atoms with Crippen molar-refractivity contribution in [2.45, 2.75) is 19.3 Å². The Hall–Kier alpha value is -2.07. The van der Waals surface area contributed by atoms with Crippen LogP contribution in [0.3, 0.4) is 0 Å². The van der Waals surface area contributed by atoms with Crippen LogP contribution in [-0.4, -0.2) is 18.3 Å². The third kappa shape index (κ3) is 3.95. The lowest BCUT2D eigenvalue weighted by atomic mass is 9.92. The minimum absolute atomic E-state index is 0.101. The second-order valence-corrected chi connectivity index (χ2v) is 4.92. The third-order valence-electron chi connectivity index (χ3n) is 3.43. The fourth-order valence-electron chi connectivity index (χ4n) is 2.31. The van der Waals surface area contributed by atoms with E-state index in [2.05, 4.69) is 0 Å². The van der Waals surface area contributed by atoms with Gasteiger partial charge in [-0.25, -0.2) is 4.39 Å². The molecule has 0 aromatic heterocycles. The van der Waals surface area contributed by atoms with Crippen molar-refractivity contribution in [3.05, 3.63) is 59.4 Å². The highest BCUT2D eigenvalue weighted by atomic mass is 19.1. The first-order valence-corrected chi connectivity index (χ1v) is 7.04. The van der Waals surface area contributed by atoms with Crippen LogP contribution in [0.5, 0.6) is 11.5 Å². The molecule has 0 saturated heterocycles. The Bertz CT molecular complexity index is 584. The SMILES string of the molecule is CCOc1cc(CC(CN)c2ccc(F)cc2)ccc1O. The number of phenolic OH excluding ortho intramolecular Hbond substituents is 1. The van der Waals surface area contributed by atoms with Crippen LogP contribution in [0, 0.1) is 5.82 Å². The van der Waals surface area contributed by atoms with Crippen LogP contribution in [0.15, 0.2) is 42.5 Å². The molecule has 2 aromatic carbocycles. The van der Waals surface area contributed by atoms with E-state index in [9.17, 15) is 9.50 Å². The summed E-state index contributed by atoms with van der Waals surface area (Å²) in [5.74, 6) is 0.457. The van der Waals surface area contributed by atoms with Gasteiger partial charge in [0.1, 0.15) is 5.82 Å². The van der Waals surface area contributed by atoms with Crippen LogP contribution in [0.25, 0.3) is 0 Å². The first kappa shape index (κ1) is 15.3. The molecule has 0 bridgehead atoms. The summed E-state index contributed by atoms with van der Waals surface area (Å²) in [6, 6.07) is 11.7. The van der Waals surface area contributed by atoms with E-state index in [0.717, 1.165) is 11.1 Å². The number of rotatable bonds is 6. The predicted octanol–water partition coefficient (Wildman–Crippen LogP) is 3.22. The van der Waals surface area contributed by atoms with Gasteiger partial charge in [0, 0.05) is 5.92 Å². The van der Waals surface area contributed by atoms with E-state index in [1.165, 1.54) is 12.1 Å². The van der Waals surface area contributed by atoms with Crippen molar-refractivity contribution in [2.24, 2.45) is 5.73 Å². The molecule has 0 saturated carbocycles. The number of hydrogen-bond acceptors (Lipinski definition) is 3. The van der Waals surface area contributed by atoms with Crippen molar-refractivity contribution in [1.29, 1.82) is 0 Å². The molecule has 2 rings (SSSR count). The summed E-state index contributed by atoms with van der Waals surface area (Å²) in [7, 11) is 0. The molecule has 0 spiro atoms. The van der Waals surface area contributed by atoms with Crippen molar-refractivity contribution in [3.63, 3.8) is 0 Å². The molecule has 0 radical (unpaired) electrons. The monoisotopic (exact) mass is 289 g/mol. The summed E-state index contributed by atoms with van der Waals surface area (Å²) >= 11 is 0. The number of halogens is 1. The standard InChI is InChI=1S/C17H20FNO2/c1-2-21-17-10-12(3-8-16(17)20)9-14(11-19)13-4-6-15(18)7-5-13/h3-8,10,14,20H,2,9,11,19H2,1H3. The number of ether oxygens (including phenoxy) is 1. The smallest absolute Gasteiger partial charge is 0.161 e. The van der Waals surface area contributed by atoms with Gasteiger partial charge in [-0.3, -0.25) is 0 Å². The number of nitrogens with two attached hydrogens (primary N) is 1. The largest absolute Gasteiger partial charge is 0.504 e. The molecule has 0 aliphatic rings. The van der Waals surface area contributed by atoms with E-state index in [1.807, 2.05) is 19.1 Å². The minimum Gasteiger partial charge on any atom is -0.504 e. The summed E-state index contributed by atoms with van der Waals surface area (Å²) in [6.07, 6.45) is 0.711. The second-order valence-electron chi connectivity index (χ2n) is 4.92. The first-order chi connectivity index (χ1) is 10.1. The topological polar surface area (TPSA) is 55.5 Å². The van der Waals surface area contributed by atoms with Gasteiger partial charge in [0.05, 0.1) is 6.61 Å². The normalized spacial score (nSPS) is 12.1. The van der Waals surface area contributed by atoms with Gasteiger partial charge in [0.2, 0.25) is 0 Å². The van der Waals surface area contributed by atoms with Crippen molar-refractivity contribution < 1.29 is 14.2 Å². The Balaban J connectivity index is 2.18. The van der Waals surface area contributed by atoms with Gasteiger partial charge < -0.3 is 15.6 Å². The first-order valence-electron chi connectivity index (χ1n) is 7.04. The highest BCUT2D eigenvalue weighted by molar-refractivity contribution is 5.42. The van der Waals surface area contributed by atoms with Crippen molar-refractivity contribution in [3.8, 4) is 11.5 Å². The molecule has 21 heavy (non-hydrogen) atoms. The average Bonchev–Trinajstić information content (AvgIpc) is 2.49. The van der Waals surface area contributed by atoms with E-state index in [1.54, 1.807) is 18.2 Å². The maximum Gasteiger partial charge on any atom is 0.161 e. The molecule has 112 valence electrons. The average molecular weight is 289 g/mol. The Morgan fingerprint density at radius 2 is 1.90 bits per heavy atom. The Labute approximate surface area is 124 Å². The molecule has 1 unspecified atom stereocenters. The Morgan fingerprint density at radius 1 is 1.19 bits per heavy atom. The summed E-state index contributed by atoms with van der Waals surface area (Å²) < 4.78 is 18.4. The van der Waals surface area contributed by atoms with Gasteiger partial charge in [-0.1, -0.05) is 18.2 Å². The van der Waals surface area contributed by atoms with Gasteiger partial charge in [-0.2, -0.15) is 0 Å². The molecule has 0 amide bonds. The van der Waals surface area contributed by atoms with E-state index in [4.69, 9.17) is 10.5 Å². The van der Waals surface area contributed by atoms with Crippen LogP contribution < -0.4 is 10.5 Å². The number of benzene rings is 2. The molecule has 0 aliphatic carbocycles. The molecule has 1 atom stereocenters. The molecule has 3 nitrogen and oxygen atoms in total. The molecule has 2 aromatic rings. The molecule has 0 aliphatic heterocycles. The number of phenols is 1. The zero-order chi connectivity index (χ0) is 15.2. The lowest BCUT2D eigenvalue weighted by Gasteiger charge is -2.16. The van der Waals surface area contributed by atoms with Crippen molar-refractivity contribution >= 4 is 0 Å². The maximum absolute atomic E-state index is 13.0. The zero-order valence-corrected chi connectivity index (χ0v) is 12.1. The summed E-state index contributed by atoms with van der Waals surface area (Å²) in [5, 5.41) is 9.71. The van der Waals surface area contributed by atoms with Gasteiger partial charge in [-0.05, 0) is 55.3 Å². The molecule has 0 heterocycles. The van der Waals surface area contributed by atoms with Gasteiger partial charge in [-0.15, -0.1) is 0 Å². The molecule has 4 heteroatoms. The van der Waals surface area contributed by atoms with Crippen LogP contribution >= 0.6 is 0 Å². The molecule has 0 fully saturated rings. The Morgan fingerprint density at radius 3 is 2.52 bits per heavy atom. The number of hydrogen-bond donors (Lipinski definition) is 2. The van der Waals surface area contributed by atoms with Crippen molar-refractivity contribution in [2.75, 3.05) is 13.2 Å². The van der Waals surface area contributed by atoms with Crippen LogP contribution in [0.1, 0.15) is 24.0 Å². The predicted molar refractivity (Wildman–Crippen MR) is 81.2 cm³/mol. The molecular formula is C17H20FNO2. The highest BCUT2D eigenvalue weighted by Gasteiger charge is 2.12. The lowest BCUT2D eigenvalue weighted by molar-refractivity contribution is 0.317. The minimum atomic E-state index is -0.252. The number of aromatic hydroxyl groups is 1. The lowest BCUT2D eigenvalue weighted by Crippen LogP contribution is -2.15. The van der Waals surface area contributed by atoms with Crippen LogP contribution in [0.2, 0.25) is 0 Å². The fourth-order valence-corrected chi connectivity index (χ4v) is 2.31. The third-order valence-corrected chi connectivity index (χ3v) is 3.43. The van der Waals surface area contributed by atoms with Crippen LogP contribution in [-0.2, 0) is 6.42 Å². The van der Waals surface area contributed by atoms with Gasteiger partial charge in [0.25, 0.3) is 0 Å². The van der Waals surface area contributed by atoms with Crippen molar-refractivity contribution in [1.82, 2.24) is 0 Å². The summed E-state index contributed by atoms with van der Waals surface area (Å²) in [5.41, 5.74) is 7.87. The summed E-state index contributed by atoms with van der Waals surface area (Å²) in [4.78, 5) is 0. The second kappa shape index (κ2) is 7.09. The maximum atomic E-state index is 13.0. The van der Waals surface area contributed by atoms with E-state index < -0.39 is 0 Å². The summed E-state index contributed by atoms with van der Waals surface area (Å²) in [6.45, 7) is 2.83. The molecular weight excluding hydrogens is 269 g/mol. The quantitative estimate of drug-likeness (QED) is 0.858. The van der Waals surface area contributed by atoms with E-state index in [-0.39, 0.29) is 17.5 Å². The van der Waals surface area contributed by atoms with Gasteiger partial charge >= 0.3 is 0 Å². The zero-order valence-electron chi connectivity index (χ0n) is 12.1. The van der Waals surface area contributed by atoms with Crippen LogP contribution in [0.4, 0.5) is 4.39 Å². The highest BCUT2D eigenvalue weighted by Crippen LogP contribution is 2.29. The van der Waals surface area contributed by atoms with Gasteiger partial charge in [0.15, 0.2) is 11.5 Å². The molecule has 3 N–H and O–H groups in total. The Kier molecular flexibility index (Phi) is 5.17. The van der Waals surface area contributed by atoms with E-state index >= 15 is 0 Å².